The maximum Gasteiger partial charge on any atom is 0.412 e. The van der Waals surface area contributed by atoms with Crippen LogP contribution in [0.5, 0.6) is 5.75 Å². The van der Waals surface area contributed by atoms with Crippen molar-refractivity contribution < 1.29 is 14.6 Å². The molecule has 0 saturated carbocycles. The first kappa shape index (κ1) is 15.3. The van der Waals surface area contributed by atoms with Gasteiger partial charge in [-0.15, -0.1) is 0 Å². The summed E-state index contributed by atoms with van der Waals surface area (Å²) >= 11 is 0. The molecule has 4 N–H and O–H groups in total. The van der Waals surface area contributed by atoms with Gasteiger partial charge in [-0.05, 0) is 46.2 Å². The molecular weight excluding hydrogens is 244 g/mol. The summed E-state index contributed by atoms with van der Waals surface area (Å²) in [6.45, 7) is 8.89. The second kappa shape index (κ2) is 5.09. The number of rotatable bonds is 2. The van der Waals surface area contributed by atoms with Gasteiger partial charge >= 0.3 is 6.09 Å². The first-order chi connectivity index (χ1) is 8.50. The van der Waals surface area contributed by atoms with Crippen LogP contribution >= 0.6 is 0 Å². The number of carbonyl (C=O) groups is 1. The number of aromatic hydroxyl groups is 1. The van der Waals surface area contributed by atoms with Crippen LogP contribution in [-0.4, -0.2) is 16.8 Å². The molecule has 1 aromatic carbocycles. The van der Waals surface area contributed by atoms with Crippen molar-refractivity contribution in [3.8, 4) is 5.75 Å². The topological polar surface area (TPSA) is 84.6 Å². The molecule has 0 heterocycles. The van der Waals surface area contributed by atoms with E-state index in [1.165, 1.54) is 6.07 Å². The fourth-order valence-corrected chi connectivity index (χ4v) is 1.61. The van der Waals surface area contributed by atoms with E-state index in [2.05, 4.69) is 5.32 Å². The number of ether oxygens (including phenoxy) is 1. The van der Waals surface area contributed by atoms with Crippen molar-refractivity contribution in [2.24, 2.45) is 5.73 Å². The van der Waals surface area contributed by atoms with Gasteiger partial charge in [0.05, 0.1) is 5.69 Å². The lowest BCUT2D eigenvalue weighted by Crippen LogP contribution is -2.32. The normalized spacial score (nSPS) is 12.1. The van der Waals surface area contributed by atoms with E-state index >= 15 is 0 Å². The lowest BCUT2D eigenvalue weighted by molar-refractivity contribution is 0.0635. The lowest BCUT2D eigenvalue weighted by Gasteiger charge is -2.25. The van der Waals surface area contributed by atoms with Gasteiger partial charge in [-0.3, -0.25) is 5.32 Å². The lowest BCUT2D eigenvalue weighted by atomic mass is 9.93. The summed E-state index contributed by atoms with van der Waals surface area (Å²) in [5, 5.41) is 12.4. The smallest absolute Gasteiger partial charge is 0.412 e. The Hall–Kier alpha value is -1.75. The second-order valence-electron chi connectivity index (χ2n) is 6.05. The fourth-order valence-electron chi connectivity index (χ4n) is 1.61. The summed E-state index contributed by atoms with van der Waals surface area (Å²) in [6.07, 6.45) is -0.625. The Balaban J connectivity index is 3.04. The molecule has 0 fully saturated rings. The van der Waals surface area contributed by atoms with Crippen molar-refractivity contribution in [2.45, 2.75) is 45.8 Å². The molecule has 0 radical (unpaired) electrons. The number of anilines is 1. The van der Waals surface area contributed by atoms with Gasteiger partial charge in [-0.25, -0.2) is 4.79 Å². The maximum absolute atomic E-state index is 11.8. The van der Waals surface area contributed by atoms with Crippen LogP contribution in [0, 0.1) is 0 Å². The number of para-hydroxylation sites is 1. The van der Waals surface area contributed by atoms with Gasteiger partial charge < -0.3 is 15.6 Å². The zero-order chi connectivity index (χ0) is 14.8. The van der Waals surface area contributed by atoms with Gasteiger partial charge in [-0.1, -0.05) is 12.1 Å². The van der Waals surface area contributed by atoms with Crippen molar-refractivity contribution in [3.05, 3.63) is 23.8 Å². The minimum absolute atomic E-state index is 0.0399. The molecule has 1 rings (SSSR count). The monoisotopic (exact) mass is 266 g/mol. The molecular formula is C14H22N2O3. The highest BCUT2D eigenvalue weighted by Gasteiger charge is 2.23. The summed E-state index contributed by atoms with van der Waals surface area (Å²) < 4.78 is 5.16. The van der Waals surface area contributed by atoms with Crippen LogP contribution in [0.4, 0.5) is 10.5 Å². The number of phenols is 1. The van der Waals surface area contributed by atoms with Crippen molar-refractivity contribution >= 4 is 11.8 Å². The Morgan fingerprint density at radius 2 is 1.84 bits per heavy atom. The number of carbonyl (C=O) groups excluding carboxylic acids is 1. The highest BCUT2D eigenvalue weighted by atomic mass is 16.6. The van der Waals surface area contributed by atoms with Crippen molar-refractivity contribution in [2.75, 3.05) is 5.32 Å². The Kier molecular flexibility index (Phi) is 4.10. The van der Waals surface area contributed by atoms with Gasteiger partial charge in [0.1, 0.15) is 11.4 Å². The van der Waals surface area contributed by atoms with E-state index in [1.54, 1.807) is 46.8 Å². The molecule has 19 heavy (non-hydrogen) atoms. The summed E-state index contributed by atoms with van der Waals surface area (Å²) in [5.74, 6) is -0.0399. The summed E-state index contributed by atoms with van der Waals surface area (Å²) in [7, 11) is 0. The largest absolute Gasteiger partial charge is 0.506 e. The van der Waals surface area contributed by atoms with E-state index in [4.69, 9.17) is 10.5 Å². The zero-order valence-corrected chi connectivity index (χ0v) is 12.1. The number of amides is 1. The molecule has 1 amide bonds. The van der Waals surface area contributed by atoms with E-state index in [0.717, 1.165) is 0 Å². The van der Waals surface area contributed by atoms with E-state index in [-0.39, 0.29) is 11.4 Å². The van der Waals surface area contributed by atoms with E-state index in [9.17, 15) is 9.90 Å². The van der Waals surface area contributed by atoms with Crippen LogP contribution < -0.4 is 11.1 Å². The van der Waals surface area contributed by atoms with Crippen LogP contribution in [0.15, 0.2) is 18.2 Å². The second-order valence-corrected chi connectivity index (χ2v) is 6.05. The predicted molar refractivity (Wildman–Crippen MR) is 75.2 cm³/mol. The molecule has 0 atom stereocenters. The highest BCUT2D eigenvalue weighted by Crippen LogP contribution is 2.33. The maximum atomic E-state index is 11.8. The minimum Gasteiger partial charge on any atom is -0.506 e. The Labute approximate surface area is 113 Å². The average Bonchev–Trinajstić information content (AvgIpc) is 2.16. The average molecular weight is 266 g/mol. The van der Waals surface area contributed by atoms with Gasteiger partial charge in [0, 0.05) is 5.54 Å². The molecule has 0 aromatic heterocycles. The van der Waals surface area contributed by atoms with Gasteiger partial charge in [0.2, 0.25) is 0 Å². The first-order valence-electron chi connectivity index (χ1n) is 6.12. The number of phenolic OH excluding ortho intramolecular Hbond substituents is 1. The Bertz CT molecular complexity index is 471. The Morgan fingerprint density at radius 1 is 1.26 bits per heavy atom. The molecule has 0 saturated heterocycles. The molecule has 0 spiro atoms. The SMILES string of the molecule is CC(C)(C)OC(=O)Nc1c(O)cccc1C(C)(C)N. The number of hydrogen-bond donors (Lipinski definition) is 3. The number of benzene rings is 1. The highest BCUT2D eigenvalue weighted by molar-refractivity contribution is 5.88. The third-order valence-electron chi connectivity index (χ3n) is 2.36. The summed E-state index contributed by atoms with van der Waals surface area (Å²) in [6, 6.07) is 4.92. The van der Waals surface area contributed by atoms with Gasteiger partial charge in [0.15, 0.2) is 0 Å². The van der Waals surface area contributed by atoms with E-state index < -0.39 is 17.2 Å². The minimum atomic E-state index is -0.691. The summed E-state index contributed by atoms with van der Waals surface area (Å²) in [4.78, 5) is 11.8. The molecule has 0 aliphatic heterocycles. The van der Waals surface area contributed by atoms with E-state index in [1.807, 2.05) is 0 Å². The predicted octanol–water partition coefficient (Wildman–Crippen LogP) is 2.93. The van der Waals surface area contributed by atoms with Crippen molar-refractivity contribution in [1.82, 2.24) is 0 Å². The Morgan fingerprint density at radius 3 is 2.32 bits per heavy atom. The quantitative estimate of drug-likeness (QED) is 0.718. The molecule has 106 valence electrons. The number of nitrogens with two attached hydrogens (primary N) is 1. The summed E-state index contributed by atoms with van der Waals surface area (Å²) in [5.41, 5.74) is 5.65. The van der Waals surface area contributed by atoms with Gasteiger partial charge in [-0.2, -0.15) is 0 Å². The third-order valence-corrected chi connectivity index (χ3v) is 2.36. The third kappa shape index (κ3) is 4.44. The standard InChI is InChI=1S/C14H22N2O3/c1-13(2,3)19-12(18)16-11-9(14(4,5)15)7-6-8-10(11)17/h6-8,17H,15H2,1-5H3,(H,16,18). The van der Waals surface area contributed by atoms with Gasteiger partial charge in [0.25, 0.3) is 0 Å². The first-order valence-corrected chi connectivity index (χ1v) is 6.12. The van der Waals surface area contributed by atoms with Crippen molar-refractivity contribution in [1.29, 1.82) is 0 Å². The number of nitrogens with one attached hydrogen (secondary N) is 1. The number of hydrogen-bond acceptors (Lipinski definition) is 4. The molecule has 0 bridgehead atoms. The molecule has 1 aromatic rings. The molecule has 5 heteroatoms. The molecule has 0 unspecified atom stereocenters. The van der Waals surface area contributed by atoms with Crippen LogP contribution in [0.3, 0.4) is 0 Å². The fraction of sp³-hybridized carbons (Fsp3) is 0.500. The van der Waals surface area contributed by atoms with Crippen LogP contribution in [0.1, 0.15) is 40.2 Å². The van der Waals surface area contributed by atoms with Crippen molar-refractivity contribution in [3.63, 3.8) is 0 Å². The molecule has 5 nitrogen and oxygen atoms in total. The van der Waals surface area contributed by atoms with E-state index in [0.29, 0.717) is 5.56 Å². The molecule has 0 aliphatic carbocycles. The van der Waals surface area contributed by atoms with Crippen LogP contribution in [0.25, 0.3) is 0 Å². The zero-order valence-electron chi connectivity index (χ0n) is 12.1. The van der Waals surface area contributed by atoms with Crippen LogP contribution in [-0.2, 0) is 10.3 Å². The van der Waals surface area contributed by atoms with Crippen LogP contribution in [0.2, 0.25) is 0 Å². The molecule has 0 aliphatic rings.